The lowest BCUT2D eigenvalue weighted by Crippen LogP contribution is -2.38. The first-order chi connectivity index (χ1) is 9.38. The van der Waals surface area contributed by atoms with Crippen molar-refractivity contribution >= 4 is 11.8 Å². The Labute approximate surface area is 125 Å². The zero-order valence-electron chi connectivity index (χ0n) is 13.3. The summed E-state index contributed by atoms with van der Waals surface area (Å²) >= 11 is 2.23. The Balaban J connectivity index is 2.48. The van der Waals surface area contributed by atoms with Crippen LogP contribution in [0.1, 0.15) is 84.5 Å². The van der Waals surface area contributed by atoms with E-state index in [1.807, 2.05) is 0 Å². The second-order valence-electron chi connectivity index (χ2n) is 5.98. The van der Waals surface area contributed by atoms with Crippen molar-refractivity contribution in [1.29, 1.82) is 0 Å². The molecule has 1 rings (SSSR count). The lowest BCUT2D eigenvalue weighted by Gasteiger charge is -2.28. The van der Waals surface area contributed by atoms with E-state index in [2.05, 4.69) is 30.9 Å². The molecule has 1 N–H and O–H groups in total. The monoisotopic (exact) mass is 285 g/mol. The van der Waals surface area contributed by atoms with E-state index in [0.717, 1.165) is 17.8 Å². The largest absolute Gasteiger partial charge is 0.313 e. The summed E-state index contributed by atoms with van der Waals surface area (Å²) in [6.07, 6.45) is 15.8. The molecule has 0 saturated heterocycles. The van der Waals surface area contributed by atoms with Crippen LogP contribution in [0.15, 0.2) is 0 Å². The third-order valence-corrected chi connectivity index (χ3v) is 5.84. The molecule has 114 valence electrons. The van der Waals surface area contributed by atoms with Gasteiger partial charge in [0.2, 0.25) is 0 Å². The first kappa shape index (κ1) is 17.4. The summed E-state index contributed by atoms with van der Waals surface area (Å²) in [6, 6.07) is 0.765. The van der Waals surface area contributed by atoms with Crippen molar-refractivity contribution in [1.82, 2.24) is 5.32 Å². The maximum Gasteiger partial charge on any atom is 0.0201 e. The standard InChI is InChI=1S/C17H35NS/c1-3-15-19-17-14-12-10-8-6-5-7-9-11-13-16(17)18-4-2/h16-18H,3-15H2,1-2H3. The first-order valence-corrected chi connectivity index (χ1v) is 9.78. The van der Waals surface area contributed by atoms with Crippen molar-refractivity contribution in [3.63, 3.8) is 0 Å². The van der Waals surface area contributed by atoms with Gasteiger partial charge >= 0.3 is 0 Å². The summed E-state index contributed by atoms with van der Waals surface area (Å²) < 4.78 is 0. The van der Waals surface area contributed by atoms with Crippen molar-refractivity contribution in [3.8, 4) is 0 Å². The van der Waals surface area contributed by atoms with Crippen molar-refractivity contribution in [2.75, 3.05) is 12.3 Å². The molecule has 2 unspecified atom stereocenters. The van der Waals surface area contributed by atoms with Gasteiger partial charge in [-0.3, -0.25) is 0 Å². The minimum Gasteiger partial charge on any atom is -0.313 e. The number of nitrogens with one attached hydrogen (secondary N) is 1. The van der Waals surface area contributed by atoms with Gasteiger partial charge in [0.15, 0.2) is 0 Å². The van der Waals surface area contributed by atoms with Gasteiger partial charge in [-0.1, -0.05) is 65.2 Å². The van der Waals surface area contributed by atoms with Crippen LogP contribution < -0.4 is 5.32 Å². The van der Waals surface area contributed by atoms with Crippen LogP contribution in [0.5, 0.6) is 0 Å². The van der Waals surface area contributed by atoms with Gasteiger partial charge < -0.3 is 5.32 Å². The maximum atomic E-state index is 3.77. The highest BCUT2D eigenvalue weighted by Crippen LogP contribution is 2.26. The Kier molecular flexibility index (Phi) is 11.0. The minimum absolute atomic E-state index is 0.765. The van der Waals surface area contributed by atoms with Gasteiger partial charge in [-0.25, -0.2) is 0 Å². The van der Waals surface area contributed by atoms with Gasteiger partial charge in [0.1, 0.15) is 0 Å². The van der Waals surface area contributed by atoms with Crippen LogP contribution in [0, 0.1) is 0 Å². The van der Waals surface area contributed by atoms with Crippen molar-refractivity contribution in [3.05, 3.63) is 0 Å². The third kappa shape index (κ3) is 8.24. The van der Waals surface area contributed by atoms with Gasteiger partial charge in [-0.05, 0) is 31.6 Å². The lowest BCUT2D eigenvalue weighted by atomic mass is 9.97. The Bertz CT molecular complexity index is 196. The molecule has 19 heavy (non-hydrogen) atoms. The Morgan fingerprint density at radius 3 is 2.00 bits per heavy atom. The van der Waals surface area contributed by atoms with E-state index in [0.29, 0.717) is 0 Å². The molecule has 0 radical (unpaired) electrons. The van der Waals surface area contributed by atoms with Crippen LogP contribution in [0.25, 0.3) is 0 Å². The summed E-state index contributed by atoms with van der Waals surface area (Å²) in [5.74, 6) is 1.34. The molecule has 2 heteroatoms. The van der Waals surface area contributed by atoms with E-state index in [1.54, 1.807) is 0 Å². The summed E-state index contributed by atoms with van der Waals surface area (Å²) in [5.41, 5.74) is 0. The zero-order valence-corrected chi connectivity index (χ0v) is 14.1. The van der Waals surface area contributed by atoms with E-state index in [-0.39, 0.29) is 0 Å². The molecule has 0 heterocycles. The minimum atomic E-state index is 0.765. The number of rotatable bonds is 5. The van der Waals surface area contributed by atoms with Crippen molar-refractivity contribution < 1.29 is 0 Å². The quantitative estimate of drug-likeness (QED) is 0.726. The van der Waals surface area contributed by atoms with E-state index < -0.39 is 0 Å². The van der Waals surface area contributed by atoms with Gasteiger partial charge in [0.25, 0.3) is 0 Å². The van der Waals surface area contributed by atoms with Gasteiger partial charge in [0.05, 0.1) is 0 Å². The second kappa shape index (κ2) is 12.1. The molecule has 1 aliphatic carbocycles. The molecule has 1 aliphatic rings. The van der Waals surface area contributed by atoms with Gasteiger partial charge in [-0.2, -0.15) is 11.8 Å². The van der Waals surface area contributed by atoms with Gasteiger partial charge in [-0.15, -0.1) is 0 Å². The van der Waals surface area contributed by atoms with E-state index in [1.165, 1.54) is 76.4 Å². The molecule has 0 bridgehead atoms. The zero-order chi connectivity index (χ0) is 13.8. The number of hydrogen-bond acceptors (Lipinski definition) is 2. The summed E-state index contributed by atoms with van der Waals surface area (Å²) in [5, 5.41) is 4.64. The van der Waals surface area contributed by atoms with Crippen molar-refractivity contribution in [2.24, 2.45) is 0 Å². The number of hydrogen-bond donors (Lipinski definition) is 1. The lowest BCUT2D eigenvalue weighted by molar-refractivity contribution is 0.420. The molecule has 0 aromatic carbocycles. The Hall–Kier alpha value is 0.310. The normalized spacial score (nSPS) is 27.5. The predicted molar refractivity (Wildman–Crippen MR) is 90.2 cm³/mol. The highest BCUT2D eigenvalue weighted by atomic mass is 32.2. The summed E-state index contributed by atoms with van der Waals surface area (Å²) in [6.45, 7) is 5.70. The summed E-state index contributed by atoms with van der Waals surface area (Å²) in [4.78, 5) is 0. The van der Waals surface area contributed by atoms with Crippen LogP contribution in [-0.2, 0) is 0 Å². The smallest absolute Gasteiger partial charge is 0.0201 e. The first-order valence-electron chi connectivity index (χ1n) is 8.73. The molecule has 0 spiro atoms. The molecule has 0 aliphatic heterocycles. The van der Waals surface area contributed by atoms with Crippen LogP contribution in [0.3, 0.4) is 0 Å². The SMILES string of the molecule is CCCSC1CCCCCCCCCCC1NCC. The predicted octanol–water partition coefficient (Wildman–Crippen LogP) is 5.39. The van der Waals surface area contributed by atoms with Gasteiger partial charge in [0, 0.05) is 11.3 Å². The van der Waals surface area contributed by atoms with E-state index >= 15 is 0 Å². The molecule has 1 saturated carbocycles. The van der Waals surface area contributed by atoms with E-state index in [9.17, 15) is 0 Å². The van der Waals surface area contributed by atoms with Crippen LogP contribution in [0.4, 0.5) is 0 Å². The van der Waals surface area contributed by atoms with Crippen molar-refractivity contribution in [2.45, 2.75) is 95.8 Å². The molecule has 0 amide bonds. The average Bonchev–Trinajstić information content (AvgIpc) is 2.41. The van der Waals surface area contributed by atoms with Crippen LogP contribution in [0.2, 0.25) is 0 Å². The summed E-state index contributed by atoms with van der Waals surface area (Å²) in [7, 11) is 0. The molecule has 1 nitrogen and oxygen atoms in total. The maximum absolute atomic E-state index is 3.77. The third-order valence-electron chi connectivity index (χ3n) is 4.20. The molecule has 0 aromatic rings. The molecular weight excluding hydrogens is 250 g/mol. The highest BCUT2D eigenvalue weighted by molar-refractivity contribution is 7.99. The van der Waals surface area contributed by atoms with Crippen LogP contribution in [-0.4, -0.2) is 23.6 Å². The Morgan fingerprint density at radius 2 is 1.42 bits per heavy atom. The molecular formula is C17H35NS. The molecule has 1 fully saturated rings. The highest BCUT2D eigenvalue weighted by Gasteiger charge is 2.20. The Morgan fingerprint density at radius 1 is 0.842 bits per heavy atom. The second-order valence-corrected chi connectivity index (χ2v) is 7.33. The fourth-order valence-corrected chi connectivity index (χ4v) is 4.46. The van der Waals surface area contributed by atoms with Crippen LogP contribution >= 0.6 is 11.8 Å². The molecule has 2 atom stereocenters. The fourth-order valence-electron chi connectivity index (χ4n) is 3.12. The van der Waals surface area contributed by atoms with E-state index in [4.69, 9.17) is 0 Å². The molecule has 0 aromatic heterocycles. The number of thioether (sulfide) groups is 1. The average molecular weight is 286 g/mol. The fraction of sp³-hybridized carbons (Fsp3) is 1.00. The topological polar surface area (TPSA) is 12.0 Å².